The molecule has 0 saturated heterocycles. The fraction of sp³-hybridized carbons (Fsp3) is 0.571. The van der Waals surface area contributed by atoms with Gasteiger partial charge in [-0.25, -0.2) is 0 Å². The van der Waals surface area contributed by atoms with Gasteiger partial charge >= 0.3 is 0 Å². The average Bonchev–Trinajstić information content (AvgIpc) is 2.29. The second-order valence-corrected chi connectivity index (χ2v) is 4.52. The number of nitrogens with one attached hydrogen (secondary N) is 1. The third-order valence-corrected chi connectivity index (χ3v) is 2.62. The van der Waals surface area contributed by atoms with Gasteiger partial charge < -0.3 is 10.1 Å². The number of rotatable bonds is 6. The zero-order chi connectivity index (χ0) is 12.0. The predicted octanol–water partition coefficient (Wildman–Crippen LogP) is 3.39. The van der Waals surface area contributed by atoms with Gasteiger partial charge in [-0.15, -0.1) is 0 Å². The average molecular weight is 221 g/mol. The first-order valence-electron chi connectivity index (χ1n) is 6.07. The van der Waals surface area contributed by atoms with Crippen LogP contribution in [0.2, 0.25) is 0 Å². The molecule has 0 spiro atoms. The van der Waals surface area contributed by atoms with E-state index in [9.17, 15) is 0 Å². The van der Waals surface area contributed by atoms with Crippen LogP contribution in [0.25, 0.3) is 0 Å². The first-order chi connectivity index (χ1) is 7.67. The van der Waals surface area contributed by atoms with Gasteiger partial charge in [-0.3, -0.25) is 0 Å². The Bertz CT molecular complexity index is 288. The van der Waals surface area contributed by atoms with Crippen LogP contribution in [0.3, 0.4) is 0 Å². The van der Waals surface area contributed by atoms with Crippen molar-refractivity contribution in [2.24, 2.45) is 5.92 Å². The van der Waals surface area contributed by atoms with Gasteiger partial charge in [0.25, 0.3) is 0 Å². The highest BCUT2D eigenvalue weighted by atomic mass is 16.5. The molecule has 0 aliphatic heterocycles. The van der Waals surface area contributed by atoms with E-state index in [0.717, 1.165) is 18.8 Å². The second kappa shape index (κ2) is 6.54. The molecule has 0 fully saturated rings. The van der Waals surface area contributed by atoms with Gasteiger partial charge in [-0.05, 0) is 37.1 Å². The van der Waals surface area contributed by atoms with Gasteiger partial charge in [-0.1, -0.05) is 32.9 Å². The lowest BCUT2D eigenvalue weighted by Gasteiger charge is -2.15. The summed E-state index contributed by atoms with van der Waals surface area (Å²) in [6.45, 7) is 7.28. The van der Waals surface area contributed by atoms with Crippen molar-refractivity contribution in [2.75, 3.05) is 13.7 Å². The summed E-state index contributed by atoms with van der Waals surface area (Å²) in [6.07, 6.45) is 1.10. The molecular weight excluding hydrogens is 198 g/mol. The zero-order valence-corrected chi connectivity index (χ0v) is 10.8. The molecule has 16 heavy (non-hydrogen) atoms. The molecule has 0 aromatic heterocycles. The van der Waals surface area contributed by atoms with Gasteiger partial charge in [0.05, 0.1) is 6.61 Å². The largest absolute Gasteiger partial charge is 0.493 e. The fourth-order valence-corrected chi connectivity index (χ4v) is 1.67. The minimum Gasteiger partial charge on any atom is -0.493 e. The molecule has 0 saturated carbocycles. The van der Waals surface area contributed by atoms with Crippen molar-refractivity contribution in [1.29, 1.82) is 0 Å². The Morgan fingerprint density at radius 1 is 1.19 bits per heavy atom. The maximum absolute atomic E-state index is 5.65. The van der Waals surface area contributed by atoms with Crippen LogP contribution >= 0.6 is 0 Å². The van der Waals surface area contributed by atoms with Gasteiger partial charge in [0.1, 0.15) is 5.75 Å². The van der Waals surface area contributed by atoms with Gasteiger partial charge in [0.2, 0.25) is 0 Å². The van der Waals surface area contributed by atoms with Crippen LogP contribution in [0.5, 0.6) is 5.75 Å². The molecule has 0 aliphatic carbocycles. The Hall–Kier alpha value is -1.02. The van der Waals surface area contributed by atoms with E-state index in [-0.39, 0.29) is 0 Å². The fourth-order valence-electron chi connectivity index (χ4n) is 1.67. The van der Waals surface area contributed by atoms with Crippen molar-refractivity contribution in [3.8, 4) is 5.75 Å². The van der Waals surface area contributed by atoms with E-state index >= 15 is 0 Å². The lowest BCUT2D eigenvalue weighted by Crippen LogP contribution is -2.15. The molecule has 1 aromatic carbocycles. The Balaban J connectivity index is 2.60. The summed E-state index contributed by atoms with van der Waals surface area (Å²) in [4.78, 5) is 0. The summed E-state index contributed by atoms with van der Waals surface area (Å²) in [7, 11) is 2.00. The monoisotopic (exact) mass is 221 g/mol. The molecule has 0 radical (unpaired) electrons. The van der Waals surface area contributed by atoms with Crippen LogP contribution in [-0.4, -0.2) is 13.7 Å². The van der Waals surface area contributed by atoms with Gasteiger partial charge in [0, 0.05) is 6.04 Å². The van der Waals surface area contributed by atoms with E-state index < -0.39 is 0 Å². The van der Waals surface area contributed by atoms with Crippen LogP contribution in [0.1, 0.15) is 38.8 Å². The van der Waals surface area contributed by atoms with Gasteiger partial charge in [-0.2, -0.15) is 0 Å². The number of hydrogen-bond donors (Lipinski definition) is 1. The Morgan fingerprint density at radius 2 is 1.81 bits per heavy atom. The first-order valence-corrected chi connectivity index (χ1v) is 6.07. The van der Waals surface area contributed by atoms with E-state index in [0.29, 0.717) is 12.0 Å². The minimum absolute atomic E-state index is 0.444. The smallest absolute Gasteiger partial charge is 0.119 e. The maximum Gasteiger partial charge on any atom is 0.119 e. The van der Waals surface area contributed by atoms with E-state index in [4.69, 9.17) is 4.74 Å². The lowest BCUT2D eigenvalue weighted by atomic mass is 10.0. The highest BCUT2D eigenvalue weighted by Gasteiger charge is 2.06. The van der Waals surface area contributed by atoms with Crippen LogP contribution in [0.4, 0.5) is 0 Å². The number of benzene rings is 1. The molecule has 90 valence electrons. The van der Waals surface area contributed by atoms with Crippen molar-refractivity contribution in [2.45, 2.75) is 33.2 Å². The summed E-state index contributed by atoms with van der Waals surface area (Å²) >= 11 is 0. The second-order valence-electron chi connectivity index (χ2n) is 4.52. The topological polar surface area (TPSA) is 21.3 Å². The van der Waals surface area contributed by atoms with E-state index in [2.05, 4.69) is 50.4 Å². The molecule has 0 aliphatic rings. The first kappa shape index (κ1) is 13.0. The van der Waals surface area contributed by atoms with Crippen molar-refractivity contribution in [3.05, 3.63) is 29.8 Å². The molecule has 1 rings (SSSR count). The minimum atomic E-state index is 0.444. The Labute approximate surface area is 99.0 Å². The molecule has 0 heterocycles. The quantitative estimate of drug-likeness (QED) is 0.795. The number of hydrogen-bond acceptors (Lipinski definition) is 2. The molecule has 1 unspecified atom stereocenters. The summed E-state index contributed by atoms with van der Waals surface area (Å²) in [5.74, 6) is 1.53. The predicted molar refractivity (Wildman–Crippen MR) is 68.9 cm³/mol. The summed E-state index contributed by atoms with van der Waals surface area (Å²) < 4.78 is 5.65. The van der Waals surface area contributed by atoms with E-state index in [1.807, 2.05) is 7.05 Å². The third-order valence-electron chi connectivity index (χ3n) is 2.62. The molecular formula is C14H23NO. The molecule has 0 bridgehead atoms. The maximum atomic E-state index is 5.65. The highest BCUT2D eigenvalue weighted by molar-refractivity contribution is 5.29. The SMILES string of the molecule is CCC(NC)c1ccc(OCC(C)C)cc1. The Kier molecular flexibility index (Phi) is 5.33. The lowest BCUT2D eigenvalue weighted by molar-refractivity contribution is 0.271. The summed E-state index contributed by atoms with van der Waals surface area (Å²) in [5.41, 5.74) is 1.32. The molecule has 1 aromatic rings. The third kappa shape index (κ3) is 3.86. The normalized spacial score (nSPS) is 12.8. The van der Waals surface area contributed by atoms with Crippen LogP contribution in [-0.2, 0) is 0 Å². The molecule has 2 nitrogen and oxygen atoms in total. The van der Waals surface area contributed by atoms with E-state index in [1.54, 1.807) is 0 Å². The van der Waals surface area contributed by atoms with Crippen LogP contribution in [0.15, 0.2) is 24.3 Å². The van der Waals surface area contributed by atoms with Crippen molar-refractivity contribution in [1.82, 2.24) is 5.32 Å². The number of ether oxygens (including phenoxy) is 1. The van der Waals surface area contributed by atoms with E-state index in [1.165, 1.54) is 5.56 Å². The van der Waals surface area contributed by atoms with Crippen molar-refractivity contribution < 1.29 is 4.74 Å². The summed E-state index contributed by atoms with van der Waals surface area (Å²) in [5, 5.41) is 3.30. The Morgan fingerprint density at radius 3 is 2.25 bits per heavy atom. The zero-order valence-electron chi connectivity index (χ0n) is 10.8. The van der Waals surface area contributed by atoms with Crippen molar-refractivity contribution in [3.63, 3.8) is 0 Å². The molecule has 1 N–H and O–H groups in total. The molecule has 0 amide bonds. The van der Waals surface area contributed by atoms with Crippen LogP contribution < -0.4 is 10.1 Å². The highest BCUT2D eigenvalue weighted by Crippen LogP contribution is 2.20. The standard InChI is InChI=1S/C14H23NO/c1-5-14(15-4)12-6-8-13(9-7-12)16-10-11(2)3/h6-9,11,14-15H,5,10H2,1-4H3. The van der Waals surface area contributed by atoms with Crippen LogP contribution in [0, 0.1) is 5.92 Å². The van der Waals surface area contributed by atoms with Crippen molar-refractivity contribution >= 4 is 0 Å². The van der Waals surface area contributed by atoms with Gasteiger partial charge in [0.15, 0.2) is 0 Å². The molecule has 2 heteroatoms. The summed E-state index contributed by atoms with van der Waals surface area (Å²) in [6, 6.07) is 8.83. The molecule has 1 atom stereocenters.